The van der Waals surface area contributed by atoms with Crippen molar-refractivity contribution >= 4 is 53.7 Å². The molecule has 2 aromatic carbocycles. The minimum absolute atomic E-state index is 0.0847. The number of amides is 1. The Balaban J connectivity index is 1.75. The largest absolute Gasteiger partial charge is 0.471 e. The van der Waals surface area contributed by atoms with Gasteiger partial charge in [-0.15, -0.1) is 0 Å². The molecule has 0 spiro atoms. The van der Waals surface area contributed by atoms with Crippen LogP contribution in [0.3, 0.4) is 0 Å². The van der Waals surface area contributed by atoms with Gasteiger partial charge < -0.3 is 25.3 Å². The maximum atomic E-state index is 12.4. The van der Waals surface area contributed by atoms with Crippen molar-refractivity contribution in [3.05, 3.63) is 78.5 Å². The van der Waals surface area contributed by atoms with Gasteiger partial charge in [0.15, 0.2) is 5.11 Å². The summed E-state index contributed by atoms with van der Waals surface area (Å²) in [5, 5.41) is 6.71. The summed E-state index contributed by atoms with van der Waals surface area (Å²) in [4.78, 5) is 36.3. The van der Waals surface area contributed by atoms with Crippen LogP contribution in [0.1, 0.15) is 12.5 Å². The number of nitrogens with one attached hydrogen (secondary N) is 2. The number of thiocarbonyl (C=S) groups is 1. The molecule has 0 radical (unpaired) electrons. The number of hydrogen-bond donors (Lipinski definition) is 4. The van der Waals surface area contributed by atoms with Crippen molar-refractivity contribution in [3.63, 3.8) is 0 Å². The van der Waals surface area contributed by atoms with Gasteiger partial charge in [-0.1, -0.05) is 48.5 Å². The first-order chi connectivity index (χ1) is 15.7. The van der Waals surface area contributed by atoms with Crippen LogP contribution >= 0.6 is 20.0 Å². The lowest BCUT2D eigenvalue weighted by atomic mass is 10.2. The third-order valence-corrected chi connectivity index (χ3v) is 5.33. The molecule has 9 nitrogen and oxygen atoms in total. The molecule has 0 aliphatic carbocycles. The van der Waals surface area contributed by atoms with Crippen LogP contribution in [-0.4, -0.2) is 43.6 Å². The molecule has 0 aliphatic rings. The number of anilines is 1. The van der Waals surface area contributed by atoms with E-state index in [-0.39, 0.29) is 5.11 Å². The SMILES string of the molecule is CC(NC(=O)/C=C/c1ccccc1)N(COP(=O)(O)O)C(=S)Nc1cccc2cccnc12. The average molecular weight is 486 g/mol. The Morgan fingerprint density at radius 3 is 2.64 bits per heavy atom. The lowest BCUT2D eigenvalue weighted by molar-refractivity contribution is -0.117. The number of benzene rings is 2. The number of rotatable bonds is 8. The third-order valence-electron chi connectivity index (χ3n) is 4.55. The number of carbonyl (C=O) groups is 1. The molecule has 0 aliphatic heterocycles. The van der Waals surface area contributed by atoms with Crippen LogP contribution in [0.4, 0.5) is 5.69 Å². The lowest BCUT2D eigenvalue weighted by Gasteiger charge is -2.31. The maximum Gasteiger partial charge on any atom is 0.471 e. The van der Waals surface area contributed by atoms with Crippen LogP contribution in [0.15, 0.2) is 72.9 Å². The van der Waals surface area contributed by atoms with Gasteiger partial charge in [-0.05, 0) is 42.9 Å². The zero-order chi connectivity index (χ0) is 23.8. The third kappa shape index (κ3) is 7.45. The second-order valence-electron chi connectivity index (χ2n) is 6.96. The fourth-order valence-corrected chi connectivity index (χ4v) is 3.54. The zero-order valence-electron chi connectivity index (χ0n) is 17.7. The second kappa shape index (κ2) is 11.1. The predicted octanol–water partition coefficient (Wildman–Crippen LogP) is 3.48. The van der Waals surface area contributed by atoms with Gasteiger partial charge >= 0.3 is 7.82 Å². The topological polar surface area (TPSA) is 124 Å². The molecular weight excluding hydrogens is 463 g/mol. The maximum absolute atomic E-state index is 12.4. The van der Waals surface area contributed by atoms with Gasteiger partial charge in [-0.3, -0.25) is 14.3 Å². The van der Waals surface area contributed by atoms with E-state index in [4.69, 9.17) is 22.0 Å². The molecule has 1 heterocycles. The summed E-state index contributed by atoms with van der Waals surface area (Å²) < 4.78 is 15.9. The van der Waals surface area contributed by atoms with E-state index in [9.17, 15) is 9.36 Å². The average Bonchev–Trinajstić information content (AvgIpc) is 2.78. The van der Waals surface area contributed by atoms with E-state index in [0.717, 1.165) is 10.9 Å². The van der Waals surface area contributed by atoms with Gasteiger partial charge in [0.1, 0.15) is 12.9 Å². The Morgan fingerprint density at radius 2 is 1.91 bits per heavy atom. The van der Waals surface area contributed by atoms with E-state index in [2.05, 4.69) is 20.1 Å². The molecule has 3 rings (SSSR count). The minimum atomic E-state index is -4.78. The van der Waals surface area contributed by atoms with Crippen LogP contribution in [0.25, 0.3) is 17.0 Å². The van der Waals surface area contributed by atoms with Crippen LogP contribution in [0, 0.1) is 0 Å². The molecule has 1 unspecified atom stereocenters. The minimum Gasteiger partial charge on any atom is -0.332 e. The first-order valence-electron chi connectivity index (χ1n) is 9.88. The molecule has 0 fully saturated rings. The van der Waals surface area contributed by atoms with Gasteiger partial charge in [0.25, 0.3) is 0 Å². The standard InChI is InChI=1S/C22H23N4O5PS/c1-16(24-20(27)13-12-17-7-3-2-4-8-17)26(15-31-32(28,29)30)22(33)25-19-11-5-9-18-10-6-14-23-21(18)19/h2-14,16H,15H2,1H3,(H,24,27)(H,25,33)(H2,28,29,30)/b13-12+. The normalized spacial score (nSPS) is 12.5. The molecule has 0 saturated heterocycles. The monoisotopic (exact) mass is 486 g/mol. The van der Waals surface area contributed by atoms with E-state index in [1.54, 1.807) is 25.3 Å². The number of pyridine rings is 1. The van der Waals surface area contributed by atoms with E-state index >= 15 is 0 Å². The molecule has 1 atom stereocenters. The van der Waals surface area contributed by atoms with Crippen molar-refractivity contribution in [2.24, 2.45) is 0 Å². The molecule has 1 aromatic heterocycles. The Hall–Kier alpha value is -3.14. The molecule has 0 bridgehead atoms. The summed E-state index contributed by atoms with van der Waals surface area (Å²) in [7, 11) is -4.78. The number of phosphoric acid groups is 1. The molecular formula is C22H23N4O5PS. The number of carbonyl (C=O) groups excluding carboxylic acids is 1. The highest BCUT2D eigenvalue weighted by Gasteiger charge is 2.23. The number of para-hydroxylation sites is 1. The quantitative estimate of drug-likeness (QED) is 0.164. The number of nitrogens with zero attached hydrogens (tertiary/aromatic N) is 2. The highest BCUT2D eigenvalue weighted by molar-refractivity contribution is 7.80. The van der Waals surface area contributed by atoms with Gasteiger partial charge in [0.05, 0.1) is 11.2 Å². The molecule has 1 amide bonds. The Morgan fingerprint density at radius 1 is 1.18 bits per heavy atom. The predicted molar refractivity (Wildman–Crippen MR) is 131 cm³/mol. The van der Waals surface area contributed by atoms with E-state index in [1.165, 1.54) is 11.0 Å². The van der Waals surface area contributed by atoms with Gasteiger partial charge in [0.2, 0.25) is 5.91 Å². The van der Waals surface area contributed by atoms with Crippen molar-refractivity contribution in [1.29, 1.82) is 0 Å². The highest BCUT2D eigenvalue weighted by atomic mass is 32.1. The summed E-state index contributed by atoms with van der Waals surface area (Å²) in [6.45, 7) is 1.06. The van der Waals surface area contributed by atoms with Crippen LogP contribution in [0.5, 0.6) is 0 Å². The Kier molecular flexibility index (Phi) is 8.26. The summed E-state index contributed by atoms with van der Waals surface area (Å²) in [6.07, 6.45) is 3.90. The summed E-state index contributed by atoms with van der Waals surface area (Å²) in [5.41, 5.74) is 2.12. The molecule has 172 valence electrons. The van der Waals surface area contributed by atoms with Crippen LogP contribution < -0.4 is 10.6 Å². The smallest absolute Gasteiger partial charge is 0.332 e. The second-order valence-corrected chi connectivity index (χ2v) is 8.58. The van der Waals surface area contributed by atoms with Crippen molar-refractivity contribution in [2.45, 2.75) is 13.1 Å². The van der Waals surface area contributed by atoms with Crippen molar-refractivity contribution in [2.75, 3.05) is 12.0 Å². The van der Waals surface area contributed by atoms with Crippen LogP contribution in [0.2, 0.25) is 0 Å². The van der Waals surface area contributed by atoms with Gasteiger partial charge in [-0.25, -0.2) is 4.57 Å². The number of hydrogen-bond acceptors (Lipinski definition) is 5. The lowest BCUT2D eigenvalue weighted by Crippen LogP contribution is -2.50. The van der Waals surface area contributed by atoms with Gasteiger partial charge in [-0.2, -0.15) is 0 Å². The van der Waals surface area contributed by atoms with Crippen LogP contribution in [-0.2, 0) is 13.9 Å². The first kappa shape index (κ1) is 24.5. The number of aromatic nitrogens is 1. The molecule has 3 aromatic rings. The Labute approximate surface area is 196 Å². The molecule has 11 heteroatoms. The summed E-state index contributed by atoms with van der Waals surface area (Å²) in [5.74, 6) is -0.415. The van der Waals surface area contributed by atoms with Crippen molar-refractivity contribution < 1.29 is 23.7 Å². The fourth-order valence-electron chi connectivity index (χ4n) is 2.94. The van der Waals surface area contributed by atoms with Gasteiger partial charge in [0, 0.05) is 17.7 Å². The van der Waals surface area contributed by atoms with Crippen molar-refractivity contribution in [3.8, 4) is 0 Å². The summed E-state index contributed by atoms with van der Waals surface area (Å²) >= 11 is 5.46. The van der Waals surface area contributed by atoms with Crippen molar-refractivity contribution in [1.82, 2.24) is 15.2 Å². The highest BCUT2D eigenvalue weighted by Crippen LogP contribution is 2.36. The number of phosphoric ester groups is 1. The van der Waals surface area contributed by atoms with E-state index < -0.39 is 26.6 Å². The molecule has 33 heavy (non-hydrogen) atoms. The van der Waals surface area contributed by atoms with E-state index in [1.807, 2.05) is 54.6 Å². The summed E-state index contributed by atoms with van der Waals surface area (Å²) in [6, 6.07) is 18.5. The first-order valence-corrected chi connectivity index (χ1v) is 11.8. The number of fused-ring (bicyclic) bond motifs is 1. The molecule has 0 saturated carbocycles. The fraction of sp³-hybridized carbons (Fsp3) is 0.136. The Bertz CT molecular complexity index is 1200. The zero-order valence-corrected chi connectivity index (χ0v) is 19.4. The molecule has 4 N–H and O–H groups in total. The van der Waals surface area contributed by atoms with E-state index in [0.29, 0.717) is 11.2 Å².